The summed E-state index contributed by atoms with van der Waals surface area (Å²) in [6, 6.07) is -4.54. The van der Waals surface area contributed by atoms with Crippen molar-refractivity contribution in [2.45, 2.75) is 58.3 Å². The van der Waals surface area contributed by atoms with Crippen molar-refractivity contribution in [1.29, 1.82) is 0 Å². The number of nitrogens with two attached hydrogens (primary N) is 1. The Morgan fingerprint density at radius 2 is 1.31 bits per heavy atom. The fourth-order valence-electron chi connectivity index (χ4n) is 1.84. The van der Waals surface area contributed by atoms with Crippen molar-refractivity contribution >= 4 is 29.7 Å². The number of carboxylic acid groups (broad SMARTS) is 2. The zero-order valence-electron chi connectivity index (χ0n) is 15.1. The molecule has 0 spiro atoms. The highest BCUT2D eigenvalue weighted by Crippen LogP contribution is 2.04. The van der Waals surface area contributed by atoms with Crippen LogP contribution < -0.4 is 21.7 Å². The summed E-state index contributed by atoms with van der Waals surface area (Å²) in [5.74, 6) is -5.04. The molecule has 0 aliphatic heterocycles. The van der Waals surface area contributed by atoms with E-state index in [1.165, 1.54) is 13.8 Å². The Kier molecular flexibility index (Phi) is 9.27. The summed E-state index contributed by atoms with van der Waals surface area (Å²) >= 11 is 0. The molecule has 26 heavy (non-hydrogen) atoms. The second-order valence-corrected chi connectivity index (χ2v) is 6.23. The molecular weight excluding hydrogens is 348 g/mol. The maximum absolute atomic E-state index is 12.3. The average Bonchev–Trinajstić information content (AvgIpc) is 2.50. The van der Waals surface area contributed by atoms with Gasteiger partial charge in [-0.15, -0.1) is 0 Å². The standard InChI is InChI=1S/C15H26N4O7/c1-6(2)11(19-13(23)9(16)5-10(20)21)14(24)17-7(3)12(22)18-8(4)15(25)26/h6-9,11H,5,16H2,1-4H3,(H,17,24)(H,18,22)(H,19,23)(H,20,21)(H,25,26). The van der Waals surface area contributed by atoms with Crippen LogP contribution in [0.15, 0.2) is 0 Å². The molecule has 148 valence electrons. The first-order valence-electron chi connectivity index (χ1n) is 7.98. The first-order chi connectivity index (χ1) is 11.9. The van der Waals surface area contributed by atoms with Crippen molar-refractivity contribution in [3.8, 4) is 0 Å². The van der Waals surface area contributed by atoms with Gasteiger partial charge < -0.3 is 31.9 Å². The van der Waals surface area contributed by atoms with Crippen LogP contribution >= 0.6 is 0 Å². The number of amides is 3. The predicted molar refractivity (Wildman–Crippen MR) is 89.8 cm³/mol. The molecule has 0 saturated heterocycles. The quantitative estimate of drug-likeness (QED) is 0.254. The highest BCUT2D eigenvalue weighted by molar-refractivity contribution is 5.94. The summed E-state index contributed by atoms with van der Waals surface area (Å²) < 4.78 is 0. The summed E-state index contributed by atoms with van der Waals surface area (Å²) in [4.78, 5) is 57.4. The number of rotatable bonds is 10. The molecule has 4 atom stereocenters. The van der Waals surface area contributed by atoms with Gasteiger partial charge in [0, 0.05) is 0 Å². The number of nitrogens with one attached hydrogen (secondary N) is 3. The van der Waals surface area contributed by atoms with E-state index in [0.717, 1.165) is 0 Å². The van der Waals surface area contributed by atoms with Crippen LogP contribution in [0, 0.1) is 5.92 Å². The summed E-state index contributed by atoms with van der Waals surface area (Å²) in [6.45, 7) is 5.92. The van der Waals surface area contributed by atoms with Crippen molar-refractivity contribution in [2.75, 3.05) is 0 Å². The van der Waals surface area contributed by atoms with E-state index in [0.29, 0.717) is 0 Å². The molecular formula is C15H26N4O7. The van der Waals surface area contributed by atoms with Crippen LogP contribution in [-0.2, 0) is 24.0 Å². The van der Waals surface area contributed by atoms with E-state index in [9.17, 15) is 24.0 Å². The van der Waals surface area contributed by atoms with Gasteiger partial charge in [0.15, 0.2) is 0 Å². The van der Waals surface area contributed by atoms with Gasteiger partial charge in [-0.3, -0.25) is 24.0 Å². The Morgan fingerprint density at radius 1 is 0.808 bits per heavy atom. The van der Waals surface area contributed by atoms with E-state index in [-0.39, 0.29) is 5.92 Å². The van der Waals surface area contributed by atoms with Crippen molar-refractivity contribution in [1.82, 2.24) is 16.0 Å². The second-order valence-electron chi connectivity index (χ2n) is 6.23. The Bertz CT molecular complexity index is 564. The fraction of sp³-hybridized carbons (Fsp3) is 0.667. The van der Waals surface area contributed by atoms with E-state index in [4.69, 9.17) is 15.9 Å². The first kappa shape index (κ1) is 23.3. The van der Waals surface area contributed by atoms with Gasteiger partial charge in [0.25, 0.3) is 0 Å². The lowest BCUT2D eigenvalue weighted by atomic mass is 10.0. The minimum atomic E-state index is -1.32. The number of carbonyl (C=O) groups excluding carboxylic acids is 3. The molecule has 3 amide bonds. The molecule has 0 heterocycles. The number of carboxylic acids is 2. The summed E-state index contributed by atoms with van der Waals surface area (Å²) in [5.41, 5.74) is 5.46. The highest BCUT2D eigenvalue weighted by Gasteiger charge is 2.29. The van der Waals surface area contributed by atoms with E-state index < -0.39 is 60.2 Å². The molecule has 11 nitrogen and oxygen atoms in total. The van der Waals surface area contributed by atoms with Gasteiger partial charge in [-0.2, -0.15) is 0 Å². The highest BCUT2D eigenvalue weighted by atomic mass is 16.4. The van der Waals surface area contributed by atoms with Gasteiger partial charge >= 0.3 is 11.9 Å². The summed E-state index contributed by atoms with van der Waals surface area (Å²) in [5, 5.41) is 24.4. The minimum Gasteiger partial charge on any atom is -0.481 e. The lowest BCUT2D eigenvalue weighted by Gasteiger charge is -2.25. The number of hydrogen-bond donors (Lipinski definition) is 6. The lowest BCUT2D eigenvalue weighted by molar-refractivity contribution is -0.141. The smallest absolute Gasteiger partial charge is 0.325 e. The largest absolute Gasteiger partial charge is 0.481 e. The van der Waals surface area contributed by atoms with Crippen molar-refractivity contribution in [2.24, 2.45) is 11.7 Å². The zero-order chi connectivity index (χ0) is 20.6. The van der Waals surface area contributed by atoms with Gasteiger partial charge in [-0.25, -0.2) is 0 Å². The average molecular weight is 374 g/mol. The molecule has 0 aliphatic rings. The zero-order valence-corrected chi connectivity index (χ0v) is 15.1. The SMILES string of the molecule is CC(NC(=O)C(C)NC(=O)C(NC(=O)C(N)CC(=O)O)C(C)C)C(=O)O. The lowest BCUT2D eigenvalue weighted by Crippen LogP contribution is -2.57. The maximum Gasteiger partial charge on any atom is 0.325 e. The van der Waals surface area contributed by atoms with Crippen LogP contribution in [0.2, 0.25) is 0 Å². The van der Waals surface area contributed by atoms with E-state index in [1.807, 2.05) is 0 Å². The van der Waals surface area contributed by atoms with Crippen LogP contribution in [0.5, 0.6) is 0 Å². The minimum absolute atomic E-state index is 0.371. The number of aliphatic carboxylic acids is 2. The third-order valence-electron chi connectivity index (χ3n) is 3.46. The number of carbonyl (C=O) groups is 5. The van der Waals surface area contributed by atoms with Crippen LogP contribution in [0.4, 0.5) is 0 Å². The Labute approximate surface area is 150 Å². The number of hydrogen-bond acceptors (Lipinski definition) is 6. The molecule has 0 aliphatic carbocycles. The van der Waals surface area contributed by atoms with Crippen LogP contribution in [0.1, 0.15) is 34.1 Å². The molecule has 11 heteroatoms. The van der Waals surface area contributed by atoms with E-state index in [1.54, 1.807) is 13.8 Å². The fourth-order valence-corrected chi connectivity index (χ4v) is 1.84. The van der Waals surface area contributed by atoms with E-state index >= 15 is 0 Å². The summed E-state index contributed by atoms with van der Waals surface area (Å²) in [6.07, 6.45) is -0.593. The molecule has 4 unspecified atom stereocenters. The van der Waals surface area contributed by atoms with Crippen molar-refractivity contribution < 1.29 is 34.2 Å². The second kappa shape index (κ2) is 10.3. The third-order valence-corrected chi connectivity index (χ3v) is 3.46. The monoisotopic (exact) mass is 374 g/mol. The molecule has 0 rings (SSSR count). The van der Waals surface area contributed by atoms with Crippen molar-refractivity contribution in [3.63, 3.8) is 0 Å². The Morgan fingerprint density at radius 3 is 1.73 bits per heavy atom. The van der Waals surface area contributed by atoms with Crippen LogP contribution in [0.25, 0.3) is 0 Å². The molecule has 0 aromatic rings. The van der Waals surface area contributed by atoms with E-state index in [2.05, 4.69) is 16.0 Å². The van der Waals surface area contributed by atoms with Gasteiger partial charge in [0.1, 0.15) is 18.1 Å². The topological polar surface area (TPSA) is 188 Å². The molecule has 0 aromatic heterocycles. The molecule has 0 radical (unpaired) electrons. The van der Waals surface area contributed by atoms with Gasteiger partial charge in [-0.05, 0) is 19.8 Å². The summed E-state index contributed by atoms with van der Waals surface area (Å²) in [7, 11) is 0. The molecule has 0 aromatic carbocycles. The van der Waals surface area contributed by atoms with Crippen LogP contribution in [0.3, 0.4) is 0 Å². The normalized spacial score (nSPS) is 15.3. The molecule has 0 fully saturated rings. The van der Waals surface area contributed by atoms with Crippen molar-refractivity contribution in [3.05, 3.63) is 0 Å². The third kappa shape index (κ3) is 7.92. The first-order valence-corrected chi connectivity index (χ1v) is 7.98. The predicted octanol–water partition coefficient (Wildman–Crippen LogP) is -1.98. The van der Waals surface area contributed by atoms with Gasteiger partial charge in [-0.1, -0.05) is 13.8 Å². The van der Waals surface area contributed by atoms with Gasteiger partial charge in [0.2, 0.25) is 17.7 Å². The van der Waals surface area contributed by atoms with Crippen LogP contribution in [-0.4, -0.2) is 64.0 Å². The van der Waals surface area contributed by atoms with Gasteiger partial charge in [0.05, 0.1) is 12.5 Å². The molecule has 0 bridgehead atoms. The Hall–Kier alpha value is -2.69. The maximum atomic E-state index is 12.3. The molecule has 0 saturated carbocycles. The Balaban J connectivity index is 4.87. The molecule has 7 N–H and O–H groups in total.